The molecule has 0 aromatic rings. The highest BCUT2D eigenvalue weighted by Gasteiger charge is 2.61. The zero-order chi connectivity index (χ0) is 19.4. The molecule has 2 aliphatic carbocycles. The van der Waals surface area contributed by atoms with Crippen molar-refractivity contribution in [3.8, 4) is 0 Å². The molecular weight excluding hydrogens is 371 g/mol. The minimum atomic E-state index is -4.29. The minimum Gasteiger partial charge on any atom is -0.493 e. The Balaban J connectivity index is 2.54. The summed E-state index contributed by atoms with van der Waals surface area (Å²) in [5, 5.41) is 9.75. The molecule has 2 rings (SSSR count). The van der Waals surface area contributed by atoms with E-state index in [2.05, 4.69) is 6.58 Å². The fourth-order valence-electron chi connectivity index (χ4n) is 2.53. The Kier molecular flexibility index (Phi) is 4.84. The van der Waals surface area contributed by atoms with Gasteiger partial charge in [-0.3, -0.25) is 0 Å². The lowest BCUT2D eigenvalue weighted by molar-refractivity contribution is -0.111. The third kappa shape index (κ3) is 3.46. The maximum Gasteiger partial charge on any atom is 0.312 e. The predicted octanol–water partition coefficient (Wildman–Crippen LogP) is 2.76. The lowest BCUT2D eigenvalue weighted by Gasteiger charge is -2.15. The Morgan fingerprint density at radius 2 is 1.88 bits per heavy atom. The van der Waals surface area contributed by atoms with Gasteiger partial charge in [0.1, 0.15) is 11.9 Å². The van der Waals surface area contributed by atoms with Gasteiger partial charge >= 0.3 is 5.92 Å². The van der Waals surface area contributed by atoms with Gasteiger partial charge in [-0.05, 0) is 13.0 Å². The van der Waals surface area contributed by atoms with Gasteiger partial charge in [0, 0.05) is 28.7 Å². The Morgan fingerprint density at radius 3 is 2.28 bits per heavy atom. The molecule has 10 heteroatoms. The number of aliphatic hydroxyl groups excluding tert-OH is 1. The maximum atomic E-state index is 14.3. The second kappa shape index (κ2) is 6.08. The molecule has 0 aromatic carbocycles. The molecule has 142 valence electrons. The van der Waals surface area contributed by atoms with Crippen molar-refractivity contribution in [3.63, 3.8) is 0 Å². The van der Waals surface area contributed by atoms with Crippen LogP contribution in [-0.4, -0.2) is 50.5 Å². The van der Waals surface area contributed by atoms with Crippen molar-refractivity contribution < 1.29 is 40.2 Å². The highest BCUT2D eigenvalue weighted by Crippen LogP contribution is 2.50. The maximum absolute atomic E-state index is 14.3. The number of hydrogen-bond acceptors (Lipinski definition) is 4. The molecular formula is C15H17F5O4S. The molecule has 0 heterocycles. The van der Waals surface area contributed by atoms with Crippen molar-refractivity contribution in [3.05, 3.63) is 34.5 Å². The molecule has 2 fully saturated rings. The van der Waals surface area contributed by atoms with Gasteiger partial charge in [0.25, 0.3) is 5.92 Å². The molecule has 0 unspecified atom stereocenters. The third-order valence-electron chi connectivity index (χ3n) is 4.30. The summed E-state index contributed by atoms with van der Waals surface area (Å²) < 4.78 is 96.3. The number of allylic oxidation sites excluding steroid dienone is 2. The average molecular weight is 388 g/mol. The molecule has 3 atom stereocenters. The van der Waals surface area contributed by atoms with Gasteiger partial charge in [-0.25, -0.2) is 21.6 Å². The Morgan fingerprint density at radius 1 is 1.36 bits per heavy atom. The van der Waals surface area contributed by atoms with Crippen molar-refractivity contribution in [2.45, 2.75) is 37.5 Å². The third-order valence-corrected chi connectivity index (χ3v) is 5.63. The first-order chi connectivity index (χ1) is 11.2. The summed E-state index contributed by atoms with van der Waals surface area (Å²) in [5.41, 5.74) is -1.73. The molecule has 0 aromatic heterocycles. The quantitative estimate of drug-likeness (QED) is 0.581. The zero-order valence-corrected chi connectivity index (χ0v) is 14.2. The van der Waals surface area contributed by atoms with Gasteiger partial charge in [-0.15, -0.1) is 0 Å². The molecule has 1 N–H and O–H groups in total. The van der Waals surface area contributed by atoms with E-state index in [1.165, 1.54) is 0 Å². The van der Waals surface area contributed by atoms with Crippen LogP contribution in [0.3, 0.4) is 0 Å². The molecule has 0 bridgehead atoms. The van der Waals surface area contributed by atoms with Crippen molar-refractivity contribution >= 4 is 9.84 Å². The first-order valence-corrected chi connectivity index (χ1v) is 9.12. The van der Waals surface area contributed by atoms with E-state index in [0.717, 1.165) is 13.0 Å². The van der Waals surface area contributed by atoms with Crippen LogP contribution in [0.15, 0.2) is 34.5 Å². The van der Waals surface area contributed by atoms with Gasteiger partial charge in [0.2, 0.25) is 0 Å². The first-order valence-electron chi connectivity index (χ1n) is 7.23. The summed E-state index contributed by atoms with van der Waals surface area (Å²) in [7, 11) is -4.03. The van der Waals surface area contributed by atoms with Gasteiger partial charge in [-0.2, -0.15) is 8.78 Å². The van der Waals surface area contributed by atoms with E-state index in [4.69, 9.17) is 4.74 Å². The summed E-state index contributed by atoms with van der Waals surface area (Å²) in [6.45, 7) is 3.64. The lowest BCUT2D eigenvalue weighted by Crippen LogP contribution is -2.35. The molecule has 4 nitrogen and oxygen atoms in total. The van der Waals surface area contributed by atoms with E-state index < -0.39 is 74.7 Å². The van der Waals surface area contributed by atoms with Crippen molar-refractivity contribution in [1.29, 1.82) is 0 Å². The van der Waals surface area contributed by atoms with Gasteiger partial charge in [-0.1, -0.05) is 6.58 Å². The monoisotopic (exact) mass is 388 g/mol. The molecule has 0 radical (unpaired) electrons. The Hall–Kier alpha value is -1.42. The molecule has 25 heavy (non-hydrogen) atoms. The topological polar surface area (TPSA) is 63.6 Å². The average Bonchev–Trinajstić information content (AvgIpc) is 3.05. The van der Waals surface area contributed by atoms with Crippen LogP contribution in [0.4, 0.5) is 22.0 Å². The largest absolute Gasteiger partial charge is 0.493 e. The summed E-state index contributed by atoms with van der Waals surface area (Å²) in [4.78, 5) is -0.658. The van der Waals surface area contributed by atoms with Crippen molar-refractivity contribution in [1.82, 2.24) is 0 Å². The van der Waals surface area contributed by atoms with E-state index in [1.807, 2.05) is 0 Å². The fourth-order valence-corrected chi connectivity index (χ4v) is 3.16. The smallest absolute Gasteiger partial charge is 0.312 e. The van der Waals surface area contributed by atoms with Gasteiger partial charge < -0.3 is 9.84 Å². The van der Waals surface area contributed by atoms with E-state index >= 15 is 0 Å². The number of alkyl halides is 5. The van der Waals surface area contributed by atoms with Gasteiger partial charge in [0.05, 0.1) is 12.5 Å². The number of halogens is 5. The number of hydrogen-bond donors (Lipinski definition) is 1. The highest BCUT2D eigenvalue weighted by atomic mass is 32.2. The Bertz CT molecular complexity index is 754. The summed E-state index contributed by atoms with van der Waals surface area (Å²) >= 11 is 0. The number of ether oxygens (including phenoxy) is 1. The molecule has 2 aliphatic rings. The van der Waals surface area contributed by atoms with E-state index in [1.54, 1.807) is 0 Å². The van der Waals surface area contributed by atoms with Crippen molar-refractivity contribution in [2.24, 2.45) is 5.92 Å². The summed E-state index contributed by atoms with van der Waals surface area (Å²) in [5.74, 6) is -8.97. The van der Waals surface area contributed by atoms with Crippen LogP contribution in [0, 0.1) is 5.92 Å². The van der Waals surface area contributed by atoms with Crippen LogP contribution >= 0.6 is 0 Å². The standard InChI is InChI=1S/C15H17F5O4S/c1-4-9(24-6-8-5-14(8,17)18)11-10(7(2)25(3,22)23)13(21)15(19,20)12(11)16/h4,8,12-13,21H,1,5-6H2,2-3H3/b10-7-,11-9?/t8-,12-,13+/m1/s1. The SMILES string of the molecule is C=CC(OC[C@H]1CC1(F)F)=C1/C(=C(\C)S(C)(=O)=O)[C@H](O)C(F)(F)[C@@H]1F. The number of sulfone groups is 1. The molecule has 0 amide bonds. The molecule has 0 aliphatic heterocycles. The van der Waals surface area contributed by atoms with Crippen LogP contribution in [0.25, 0.3) is 0 Å². The lowest BCUT2D eigenvalue weighted by atomic mass is 10.1. The van der Waals surface area contributed by atoms with E-state index in [-0.39, 0.29) is 0 Å². The van der Waals surface area contributed by atoms with Crippen LogP contribution < -0.4 is 0 Å². The van der Waals surface area contributed by atoms with Crippen LogP contribution in [-0.2, 0) is 14.6 Å². The van der Waals surface area contributed by atoms with Gasteiger partial charge in [0.15, 0.2) is 16.0 Å². The Labute approximate surface area is 141 Å². The predicted molar refractivity (Wildman–Crippen MR) is 79.6 cm³/mol. The second-order valence-electron chi connectivity index (χ2n) is 6.14. The zero-order valence-electron chi connectivity index (χ0n) is 13.4. The number of aliphatic hydroxyl groups is 1. The molecule has 2 saturated carbocycles. The van der Waals surface area contributed by atoms with Crippen LogP contribution in [0.1, 0.15) is 13.3 Å². The van der Waals surface area contributed by atoms with Crippen LogP contribution in [0.2, 0.25) is 0 Å². The molecule has 0 spiro atoms. The first kappa shape index (κ1) is 19.9. The number of rotatable bonds is 5. The normalized spacial score (nSPS) is 34.5. The molecule has 0 saturated heterocycles. The fraction of sp³-hybridized carbons (Fsp3) is 0.600. The summed E-state index contributed by atoms with van der Waals surface area (Å²) in [6.07, 6.45) is -4.69. The van der Waals surface area contributed by atoms with E-state index in [0.29, 0.717) is 6.26 Å². The minimum absolute atomic E-state index is 0.449. The van der Waals surface area contributed by atoms with Crippen molar-refractivity contribution in [2.75, 3.05) is 12.9 Å². The van der Waals surface area contributed by atoms with Crippen LogP contribution in [0.5, 0.6) is 0 Å². The van der Waals surface area contributed by atoms with E-state index in [9.17, 15) is 35.5 Å². The second-order valence-corrected chi connectivity index (χ2v) is 8.29. The highest BCUT2D eigenvalue weighted by molar-refractivity contribution is 7.94. The summed E-state index contributed by atoms with van der Waals surface area (Å²) in [6, 6.07) is 0.